The van der Waals surface area contributed by atoms with Crippen molar-refractivity contribution in [1.82, 2.24) is 20.0 Å². The van der Waals surface area contributed by atoms with Gasteiger partial charge in [-0.1, -0.05) is 50.2 Å². The van der Waals surface area contributed by atoms with Gasteiger partial charge in [-0.2, -0.15) is 0 Å². The van der Waals surface area contributed by atoms with Crippen LogP contribution < -0.4 is 5.32 Å². The molecule has 3 amide bonds. The molecule has 0 saturated carbocycles. The molecule has 208 valence electrons. The number of nitrogens with one attached hydrogen (secondary N) is 1. The summed E-state index contributed by atoms with van der Waals surface area (Å²) in [4.78, 5) is 48.0. The number of amides is 3. The van der Waals surface area contributed by atoms with Crippen LogP contribution in [-0.4, -0.2) is 77.7 Å². The predicted molar refractivity (Wildman–Crippen MR) is 147 cm³/mol. The van der Waals surface area contributed by atoms with Crippen molar-refractivity contribution >= 4 is 17.7 Å². The van der Waals surface area contributed by atoms with Gasteiger partial charge in [-0.3, -0.25) is 14.4 Å². The molecule has 39 heavy (non-hydrogen) atoms. The van der Waals surface area contributed by atoms with Crippen molar-refractivity contribution in [2.75, 3.05) is 33.2 Å². The van der Waals surface area contributed by atoms with Gasteiger partial charge in [0.2, 0.25) is 17.7 Å². The molecule has 2 aromatic carbocycles. The Hall–Kier alpha value is -3.26. The fourth-order valence-corrected chi connectivity index (χ4v) is 6.38. The van der Waals surface area contributed by atoms with Crippen molar-refractivity contribution in [2.24, 2.45) is 11.8 Å². The lowest BCUT2D eigenvalue weighted by atomic mass is 9.87. The van der Waals surface area contributed by atoms with Crippen molar-refractivity contribution in [3.63, 3.8) is 0 Å². The fraction of sp³-hybridized carbons (Fsp3) is 0.516. The molecule has 2 heterocycles. The highest BCUT2D eigenvalue weighted by atomic mass is 19.1. The molecule has 0 aromatic heterocycles. The Morgan fingerprint density at radius 2 is 1.64 bits per heavy atom. The van der Waals surface area contributed by atoms with Crippen LogP contribution in [0.15, 0.2) is 48.5 Å². The van der Waals surface area contributed by atoms with E-state index >= 15 is 0 Å². The summed E-state index contributed by atoms with van der Waals surface area (Å²) in [6.45, 7) is 6.75. The average Bonchev–Trinajstić information content (AvgIpc) is 3.22. The van der Waals surface area contributed by atoms with Crippen molar-refractivity contribution in [2.45, 2.75) is 57.7 Å². The second-order valence-corrected chi connectivity index (χ2v) is 11.8. The summed E-state index contributed by atoms with van der Waals surface area (Å²) in [5, 5.41) is 3.06. The maximum absolute atomic E-state index is 14.4. The number of halogens is 1. The molecule has 5 rings (SSSR count). The number of nitrogens with zero attached hydrogens (tertiary/aromatic N) is 3. The van der Waals surface area contributed by atoms with Crippen LogP contribution in [-0.2, 0) is 27.2 Å². The molecule has 0 radical (unpaired) electrons. The molecule has 3 aliphatic rings. The second kappa shape index (κ2) is 11.5. The second-order valence-electron chi connectivity index (χ2n) is 11.8. The number of hydrogen-bond donors (Lipinski definition) is 1. The smallest absolute Gasteiger partial charge is 0.250 e. The van der Waals surface area contributed by atoms with Crippen LogP contribution in [0.25, 0.3) is 0 Å². The van der Waals surface area contributed by atoms with Crippen LogP contribution in [0.5, 0.6) is 0 Å². The van der Waals surface area contributed by atoms with Crippen LogP contribution in [0, 0.1) is 17.7 Å². The van der Waals surface area contributed by atoms with E-state index in [0.29, 0.717) is 37.9 Å². The number of likely N-dealkylation sites (N-methyl/N-ethyl adjacent to an activating group) is 1. The van der Waals surface area contributed by atoms with Crippen LogP contribution in [0.3, 0.4) is 0 Å². The van der Waals surface area contributed by atoms with Crippen LogP contribution in [0.2, 0.25) is 0 Å². The first-order chi connectivity index (χ1) is 18.7. The molecule has 2 aliphatic heterocycles. The van der Waals surface area contributed by atoms with Crippen LogP contribution in [0.1, 0.15) is 49.4 Å². The average molecular weight is 535 g/mol. The summed E-state index contributed by atoms with van der Waals surface area (Å²) in [7, 11) is 2.03. The van der Waals surface area contributed by atoms with Gasteiger partial charge in [-0.25, -0.2) is 4.39 Å². The fourth-order valence-electron chi connectivity index (χ4n) is 6.38. The van der Waals surface area contributed by atoms with Gasteiger partial charge in [0.15, 0.2) is 0 Å². The molecule has 1 N–H and O–H groups in total. The summed E-state index contributed by atoms with van der Waals surface area (Å²) < 4.78 is 14.0. The molecule has 7 nitrogen and oxygen atoms in total. The third kappa shape index (κ3) is 5.71. The highest BCUT2D eigenvalue weighted by molar-refractivity contribution is 6.00. The van der Waals surface area contributed by atoms with E-state index in [4.69, 9.17) is 0 Å². The standard InChI is InChI=1S/C31H39FN4O3/c1-20(2)17-26-29(37)33-27(24-18-22-7-4-5-8-23(22)19-24)30(38)36(26)28(21-9-11-25(32)12-10-21)31(39)35-14-6-13-34(3)15-16-35/h4-5,7-12,20,24,26-28H,6,13-19H2,1-3H3,(H,33,37)/t26-,27-,28-/m1/s1. The Balaban J connectivity index is 1.54. The number of piperazine rings is 1. The minimum atomic E-state index is -0.998. The Labute approximate surface area is 230 Å². The van der Waals surface area contributed by atoms with Gasteiger partial charge in [0.1, 0.15) is 23.9 Å². The molecule has 1 aliphatic carbocycles. The molecule has 2 fully saturated rings. The molecule has 2 saturated heterocycles. The lowest BCUT2D eigenvalue weighted by Gasteiger charge is -2.45. The van der Waals surface area contributed by atoms with Gasteiger partial charge >= 0.3 is 0 Å². The third-order valence-electron chi connectivity index (χ3n) is 8.43. The van der Waals surface area contributed by atoms with E-state index in [-0.39, 0.29) is 29.6 Å². The highest BCUT2D eigenvalue weighted by Gasteiger charge is 2.50. The molecule has 0 bridgehead atoms. The topological polar surface area (TPSA) is 73.0 Å². The van der Waals surface area contributed by atoms with Crippen molar-refractivity contribution in [1.29, 1.82) is 0 Å². The molecular formula is C31H39FN4O3. The van der Waals surface area contributed by atoms with E-state index in [2.05, 4.69) is 22.3 Å². The van der Waals surface area contributed by atoms with E-state index in [1.165, 1.54) is 23.3 Å². The Bertz CT molecular complexity index is 1190. The summed E-state index contributed by atoms with van der Waals surface area (Å²) in [6.07, 6.45) is 2.65. The first-order valence-electron chi connectivity index (χ1n) is 14.1. The Kier molecular flexibility index (Phi) is 8.03. The quantitative estimate of drug-likeness (QED) is 0.618. The Morgan fingerprint density at radius 1 is 0.974 bits per heavy atom. The summed E-state index contributed by atoms with van der Waals surface area (Å²) >= 11 is 0. The van der Waals surface area contributed by atoms with Gasteiger partial charge in [0, 0.05) is 19.6 Å². The summed E-state index contributed by atoms with van der Waals surface area (Å²) in [5.41, 5.74) is 2.92. The number of hydrogen-bond acceptors (Lipinski definition) is 4. The van der Waals surface area contributed by atoms with Gasteiger partial charge in [-0.15, -0.1) is 0 Å². The van der Waals surface area contributed by atoms with E-state index < -0.39 is 23.9 Å². The first kappa shape index (κ1) is 27.3. The van der Waals surface area contributed by atoms with Crippen molar-refractivity contribution in [3.8, 4) is 0 Å². The largest absolute Gasteiger partial charge is 0.342 e. The normalized spacial score (nSPS) is 23.5. The van der Waals surface area contributed by atoms with E-state index in [1.54, 1.807) is 17.0 Å². The number of carbonyl (C=O) groups is 3. The lowest BCUT2D eigenvalue weighted by molar-refractivity contribution is -0.160. The van der Waals surface area contributed by atoms with Crippen molar-refractivity contribution in [3.05, 3.63) is 71.0 Å². The van der Waals surface area contributed by atoms with Gasteiger partial charge in [0.25, 0.3) is 0 Å². The maximum Gasteiger partial charge on any atom is 0.250 e. The zero-order valence-electron chi connectivity index (χ0n) is 23.1. The number of rotatable bonds is 6. The first-order valence-corrected chi connectivity index (χ1v) is 14.1. The molecule has 3 atom stereocenters. The zero-order valence-corrected chi connectivity index (χ0v) is 23.1. The van der Waals surface area contributed by atoms with Crippen LogP contribution in [0.4, 0.5) is 4.39 Å². The van der Waals surface area contributed by atoms with E-state index in [1.807, 2.05) is 37.9 Å². The number of fused-ring (bicyclic) bond motifs is 1. The molecule has 0 spiro atoms. The number of benzene rings is 2. The van der Waals surface area contributed by atoms with Crippen LogP contribution >= 0.6 is 0 Å². The molecular weight excluding hydrogens is 495 g/mol. The number of carbonyl (C=O) groups excluding carboxylic acids is 3. The minimum Gasteiger partial charge on any atom is -0.342 e. The van der Waals surface area contributed by atoms with E-state index in [0.717, 1.165) is 19.5 Å². The molecule has 8 heteroatoms. The maximum atomic E-state index is 14.4. The highest BCUT2D eigenvalue weighted by Crippen LogP contribution is 2.36. The van der Waals surface area contributed by atoms with E-state index in [9.17, 15) is 18.8 Å². The SMILES string of the molecule is CC(C)C[C@@H]1C(=O)N[C@H](C2Cc3ccccc3C2)C(=O)N1[C@@H](C(=O)N1CCCN(C)CC1)c1ccc(F)cc1. The molecule has 2 aromatic rings. The molecule has 0 unspecified atom stereocenters. The Morgan fingerprint density at radius 3 is 2.28 bits per heavy atom. The summed E-state index contributed by atoms with van der Waals surface area (Å²) in [6, 6.07) is 11.4. The minimum absolute atomic E-state index is 0.0860. The zero-order chi connectivity index (χ0) is 27.7. The van der Waals surface area contributed by atoms with Crippen molar-refractivity contribution < 1.29 is 18.8 Å². The van der Waals surface area contributed by atoms with Gasteiger partial charge < -0.3 is 20.0 Å². The van der Waals surface area contributed by atoms with Gasteiger partial charge in [0.05, 0.1) is 0 Å². The third-order valence-corrected chi connectivity index (χ3v) is 8.43. The predicted octanol–water partition coefficient (Wildman–Crippen LogP) is 3.19. The van der Waals surface area contributed by atoms with Gasteiger partial charge in [-0.05, 0) is 79.9 Å². The monoisotopic (exact) mass is 534 g/mol. The summed E-state index contributed by atoms with van der Waals surface area (Å²) in [5.74, 6) is -1.03. The lowest BCUT2D eigenvalue weighted by Crippen LogP contribution is -2.67.